The molecule has 0 aliphatic heterocycles. The molecule has 24 heavy (non-hydrogen) atoms. The molecule has 0 atom stereocenters. The van der Waals surface area contributed by atoms with E-state index in [2.05, 4.69) is 20.6 Å². The molecule has 1 N–H and O–H groups in total. The highest BCUT2D eigenvalue weighted by atomic mass is 16.5. The third kappa shape index (κ3) is 4.51. The molecule has 3 aromatic rings. The number of carbonyl (C=O) groups excluding carboxylic acids is 1. The minimum absolute atomic E-state index is 0.0640. The van der Waals surface area contributed by atoms with Gasteiger partial charge in [-0.05, 0) is 29.8 Å². The molecule has 1 amide bonds. The Kier molecular flexibility index (Phi) is 4.94. The van der Waals surface area contributed by atoms with Crippen molar-refractivity contribution in [2.75, 3.05) is 0 Å². The molecule has 7 heteroatoms. The van der Waals surface area contributed by atoms with Crippen LogP contribution in [0.2, 0.25) is 0 Å². The molecule has 0 radical (unpaired) electrons. The summed E-state index contributed by atoms with van der Waals surface area (Å²) in [5, 5.41) is 7.78. The lowest BCUT2D eigenvalue weighted by Gasteiger charge is -2.05. The van der Waals surface area contributed by atoms with E-state index in [9.17, 15) is 4.79 Å². The molecular formula is C17H15N5O2. The van der Waals surface area contributed by atoms with Crippen molar-refractivity contribution in [1.29, 1.82) is 0 Å². The Morgan fingerprint density at radius 3 is 2.79 bits per heavy atom. The first kappa shape index (κ1) is 15.4. The topological polar surface area (TPSA) is 81.4 Å². The number of amides is 1. The number of nitrogens with one attached hydrogen (secondary N) is 1. The third-order valence-electron chi connectivity index (χ3n) is 3.01. The van der Waals surface area contributed by atoms with E-state index in [0.29, 0.717) is 5.75 Å². The van der Waals surface area contributed by atoms with Crippen molar-refractivity contribution >= 4 is 12.1 Å². The number of rotatable bonds is 6. The fraction of sp³-hybridized carbons (Fsp3) is 0.0588. The molecule has 0 aliphatic carbocycles. The van der Waals surface area contributed by atoms with Crippen LogP contribution in [0, 0.1) is 0 Å². The van der Waals surface area contributed by atoms with E-state index >= 15 is 0 Å². The second kappa shape index (κ2) is 7.68. The Labute approximate surface area is 138 Å². The maximum absolute atomic E-state index is 11.7. The molecule has 0 spiro atoms. The molecule has 0 unspecified atom stereocenters. The minimum atomic E-state index is -0.284. The van der Waals surface area contributed by atoms with Crippen molar-refractivity contribution in [1.82, 2.24) is 20.2 Å². The van der Waals surface area contributed by atoms with E-state index in [1.807, 2.05) is 54.6 Å². The fourth-order valence-corrected chi connectivity index (χ4v) is 1.96. The van der Waals surface area contributed by atoms with Crippen LogP contribution in [-0.4, -0.2) is 26.9 Å². The predicted molar refractivity (Wildman–Crippen MR) is 88.7 cm³/mol. The van der Waals surface area contributed by atoms with Crippen LogP contribution in [0.25, 0.3) is 0 Å². The van der Waals surface area contributed by atoms with Crippen LogP contribution in [0.3, 0.4) is 0 Å². The Balaban J connectivity index is 1.57. The highest BCUT2D eigenvalue weighted by molar-refractivity contribution is 5.82. The Morgan fingerprint density at radius 1 is 1.17 bits per heavy atom. The van der Waals surface area contributed by atoms with Gasteiger partial charge in [0.05, 0.1) is 6.21 Å². The zero-order valence-corrected chi connectivity index (χ0v) is 12.7. The van der Waals surface area contributed by atoms with Crippen LogP contribution in [0.15, 0.2) is 72.4 Å². The molecular weight excluding hydrogens is 306 g/mol. The van der Waals surface area contributed by atoms with Gasteiger partial charge in [0.2, 0.25) is 0 Å². The van der Waals surface area contributed by atoms with Gasteiger partial charge in [-0.15, -0.1) is 0 Å². The summed E-state index contributed by atoms with van der Waals surface area (Å²) in [6.45, 7) is 0.0640. The van der Waals surface area contributed by atoms with Gasteiger partial charge >= 0.3 is 0 Å². The van der Waals surface area contributed by atoms with Gasteiger partial charge in [0, 0.05) is 0 Å². The van der Waals surface area contributed by atoms with Crippen LogP contribution in [0.1, 0.15) is 5.56 Å². The van der Waals surface area contributed by atoms with E-state index in [1.165, 1.54) is 17.3 Å². The van der Waals surface area contributed by atoms with Crippen LogP contribution in [0.4, 0.5) is 0 Å². The normalized spacial score (nSPS) is 10.7. The summed E-state index contributed by atoms with van der Waals surface area (Å²) in [5.74, 6) is 1.17. The van der Waals surface area contributed by atoms with E-state index in [1.54, 1.807) is 6.21 Å². The summed E-state index contributed by atoms with van der Waals surface area (Å²) in [6, 6.07) is 16.9. The van der Waals surface area contributed by atoms with Gasteiger partial charge in [-0.1, -0.05) is 30.3 Å². The lowest BCUT2D eigenvalue weighted by molar-refractivity contribution is -0.121. The van der Waals surface area contributed by atoms with Gasteiger partial charge in [-0.25, -0.2) is 15.1 Å². The number of ether oxygens (including phenoxy) is 1. The lowest BCUT2D eigenvalue weighted by atomic mass is 10.2. The predicted octanol–water partition coefficient (Wildman–Crippen LogP) is 2.22. The number of benzene rings is 2. The molecule has 7 nitrogen and oxygen atoms in total. The number of hydrogen-bond acceptors (Lipinski definition) is 5. The van der Waals surface area contributed by atoms with Crippen LogP contribution in [0.5, 0.6) is 11.5 Å². The number of hydrazone groups is 1. The molecule has 1 heterocycles. The van der Waals surface area contributed by atoms with Gasteiger partial charge in [0.25, 0.3) is 5.91 Å². The van der Waals surface area contributed by atoms with Crippen molar-refractivity contribution < 1.29 is 9.53 Å². The molecule has 3 rings (SSSR count). The van der Waals surface area contributed by atoms with Gasteiger partial charge in [-0.3, -0.25) is 4.79 Å². The molecule has 0 bridgehead atoms. The lowest BCUT2D eigenvalue weighted by Crippen LogP contribution is -2.23. The van der Waals surface area contributed by atoms with Crippen molar-refractivity contribution in [3.8, 4) is 11.5 Å². The molecule has 120 valence electrons. The van der Waals surface area contributed by atoms with Crippen molar-refractivity contribution in [3.63, 3.8) is 0 Å². The van der Waals surface area contributed by atoms with Gasteiger partial charge in [0.1, 0.15) is 30.7 Å². The first-order chi connectivity index (χ1) is 11.8. The third-order valence-corrected chi connectivity index (χ3v) is 3.01. The zero-order chi connectivity index (χ0) is 16.6. The second-order valence-electron chi connectivity index (χ2n) is 4.87. The molecule has 0 aliphatic rings. The number of hydrogen-bond donors (Lipinski definition) is 1. The Morgan fingerprint density at radius 2 is 2.00 bits per heavy atom. The van der Waals surface area contributed by atoms with Crippen molar-refractivity contribution in [2.24, 2.45) is 5.10 Å². The number of carbonyl (C=O) groups is 1. The molecule has 1 aromatic heterocycles. The van der Waals surface area contributed by atoms with Gasteiger partial charge in [0.15, 0.2) is 0 Å². The monoisotopic (exact) mass is 321 g/mol. The summed E-state index contributed by atoms with van der Waals surface area (Å²) in [6.07, 6.45) is 4.39. The summed E-state index contributed by atoms with van der Waals surface area (Å²) in [7, 11) is 0. The van der Waals surface area contributed by atoms with E-state index in [4.69, 9.17) is 4.74 Å². The number of para-hydroxylation sites is 1. The SMILES string of the molecule is O=C(Cn1cncn1)N/N=C\c1cccc(Oc2ccccc2)c1. The largest absolute Gasteiger partial charge is 0.457 e. The first-order valence-electron chi connectivity index (χ1n) is 7.27. The average Bonchev–Trinajstić information content (AvgIpc) is 3.09. The van der Waals surface area contributed by atoms with Crippen LogP contribution < -0.4 is 10.2 Å². The van der Waals surface area contributed by atoms with E-state index in [0.717, 1.165) is 11.3 Å². The van der Waals surface area contributed by atoms with Crippen LogP contribution in [-0.2, 0) is 11.3 Å². The Bertz CT molecular complexity index is 816. The quantitative estimate of drug-likeness (QED) is 0.557. The van der Waals surface area contributed by atoms with E-state index < -0.39 is 0 Å². The van der Waals surface area contributed by atoms with Gasteiger partial charge < -0.3 is 4.74 Å². The summed E-state index contributed by atoms with van der Waals surface area (Å²) >= 11 is 0. The standard InChI is InChI=1S/C17H15N5O2/c23-17(11-22-13-18-12-20-22)21-19-10-14-5-4-8-16(9-14)24-15-6-2-1-3-7-15/h1-10,12-13H,11H2,(H,21,23)/b19-10-. The summed E-state index contributed by atoms with van der Waals surface area (Å²) < 4.78 is 7.16. The molecule has 2 aromatic carbocycles. The number of nitrogens with zero attached hydrogens (tertiary/aromatic N) is 4. The highest BCUT2D eigenvalue weighted by Crippen LogP contribution is 2.21. The number of aromatic nitrogens is 3. The molecule has 0 fully saturated rings. The fourth-order valence-electron chi connectivity index (χ4n) is 1.96. The van der Waals surface area contributed by atoms with Crippen LogP contribution >= 0.6 is 0 Å². The van der Waals surface area contributed by atoms with E-state index in [-0.39, 0.29) is 12.5 Å². The van der Waals surface area contributed by atoms with Gasteiger partial charge in [-0.2, -0.15) is 10.2 Å². The maximum atomic E-state index is 11.7. The molecule has 0 saturated carbocycles. The highest BCUT2D eigenvalue weighted by Gasteiger charge is 2.01. The first-order valence-corrected chi connectivity index (χ1v) is 7.27. The Hall–Kier alpha value is -3.48. The average molecular weight is 321 g/mol. The smallest absolute Gasteiger partial charge is 0.261 e. The van der Waals surface area contributed by atoms with Crippen molar-refractivity contribution in [3.05, 3.63) is 72.8 Å². The zero-order valence-electron chi connectivity index (χ0n) is 12.7. The maximum Gasteiger partial charge on any atom is 0.261 e. The summed E-state index contributed by atoms with van der Waals surface area (Å²) in [5.41, 5.74) is 3.25. The second-order valence-corrected chi connectivity index (χ2v) is 4.87. The van der Waals surface area contributed by atoms with Crippen molar-refractivity contribution in [2.45, 2.75) is 6.54 Å². The molecule has 0 saturated heterocycles. The minimum Gasteiger partial charge on any atom is -0.457 e. The summed E-state index contributed by atoms with van der Waals surface area (Å²) in [4.78, 5) is 15.4.